The van der Waals surface area contributed by atoms with Crippen LogP contribution < -0.4 is 34.7 Å². The van der Waals surface area contributed by atoms with Crippen LogP contribution in [0, 0.1) is 0 Å². The number of aryl methyl sites for hydroxylation is 1. The summed E-state index contributed by atoms with van der Waals surface area (Å²) >= 11 is 0. The van der Waals surface area contributed by atoms with Gasteiger partial charge >= 0.3 is 29.6 Å². The summed E-state index contributed by atoms with van der Waals surface area (Å²) in [6.45, 7) is 0. The fraction of sp³-hybridized carbons (Fsp3) is 0.200. The van der Waals surface area contributed by atoms with E-state index >= 15 is 0 Å². The normalized spacial score (nSPS) is 8.50. The SMILES string of the molecule is Cn1cc(C(=O)[O-])cn1.[Na+]. The number of hydrogen-bond acceptors (Lipinski definition) is 3. The van der Waals surface area contributed by atoms with Gasteiger partial charge in [-0.1, -0.05) is 0 Å². The number of carboxylic acid groups (broad SMARTS) is 1. The molecule has 0 N–H and O–H groups in total. The first-order valence-electron chi connectivity index (χ1n) is 2.40. The minimum atomic E-state index is -1.19. The summed E-state index contributed by atoms with van der Waals surface area (Å²) in [7, 11) is 1.65. The van der Waals surface area contributed by atoms with E-state index in [1.165, 1.54) is 17.1 Å². The molecule has 0 atom stereocenters. The van der Waals surface area contributed by atoms with Crippen LogP contribution in [0.25, 0.3) is 0 Å². The van der Waals surface area contributed by atoms with Gasteiger partial charge in [-0.2, -0.15) is 5.10 Å². The van der Waals surface area contributed by atoms with Crippen molar-refractivity contribution in [2.75, 3.05) is 0 Å². The number of hydrogen-bond donors (Lipinski definition) is 0. The maximum Gasteiger partial charge on any atom is 1.00 e. The predicted molar refractivity (Wildman–Crippen MR) is 27.5 cm³/mol. The molecule has 10 heavy (non-hydrogen) atoms. The van der Waals surface area contributed by atoms with E-state index < -0.39 is 5.97 Å². The molecule has 0 spiro atoms. The molecule has 5 heteroatoms. The van der Waals surface area contributed by atoms with Crippen LogP contribution in [-0.2, 0) is 7.05 Å². The molecule has 1 rings (SSSR count). The van der Waals surface area contributed by atoms with Gasteiger partial charge in [-0.15, -0.1) is 0 Å². The summed E-state index contributed by atoms with van der Waals surface area (Å²) in [5.41, 5.74) is 0.109. The Morgan fingerprint density at radius 2 is 2.40 bits per heavy atom. The number of carboxylic acids is 1. The maximum absolute atomic E-state index is 10.0. The number of aromatic nitrogens is 2. The minimum Gasteiger partial charge on any atom is -0.545 e. The van der Waals surface area contributed by atoms with Crippen molar-refractivity contribution in [3.63, 3.8) is 0 Å². The molecule has 1 heterocycles. The first kappa shape index (κ1) is 9.68. The molecule has 1 aromatic rings. The van der Waals surface area contributed by atoms with E-state index in [-0.39, 0.29) is 35.1 Å². The van der Waals surface area contributed by atoms with Crippen LogP contribution in [0.2, 0.25) is 0 Å². The smallest absolute Gasteiger partial charge is 0.545 e. The van der Waals surface area contributed by atoms with Crippen molar-refractivity contribution in [2.24, 2.45) is 7.05 Å². The maximum atomic E-state index is 10.0. The second-order valence-corrected chi connectivity index (χ2v) is 1.69. The zero-order valence-electron chi connectivity index (χ0n) is 5.87. The second-order valence-electron chi connectivity index (χ2n) is 1.69. The van der Waals surface area contributed by atoms with Crippen LogP contribution in [0.5, 0.6) is 0 Å². The summed E-state index contributed by atoms with van der Waals surface area (Å²) in [6.07, 6.45) is 2.63. The van der Waals surface area contributed by atoms with Gasteiger partial charge in [0.1, 0.15) is 0 Å². The van der Waals surface area contributed by atoms with E-state index in [4.69, 9.17) is 0 Å². The molecule has 0 saturated carbocycles. The quantitative estimate of drug-likeness (QED) is 0.379. The van der Waals surface area contributed by atoms with E-state index in [1.54, 1.807) is 7.05 Å². The second kappa shape index (κ2) is 3.75. The van der Waals surface area contributed by atoms with Gasteiger partial charge in [0.25, 0.3) is 0 Å². The minimum absolute atomic E-state index is 0. The molecule has 1 aromatic heterocycles. The molecular formula is C5H5N2NaO2. The summed E-state index contributed by atoms with van der Waals surface area (Å²) < 4.78 is 1.41. The number of nitrogens with zero attached hydrogens (tertiary/aromatic N) is 2. The van der Waals surface area contributed by atoms with Gasteiger partial charge in [0, 0.05) is 18.8 Å². The molecule has 4 nitrogen and oxygen atoms in total. The third-order valence-electron chi connectivity index (χ3n) is 0.941. The molecule has 0 aromatic carbocycles. The number of carbonyl (C=O) groups is 1. The average Bonchev–Trinajstić information content (AvgIpc) is 2.14. The molecule has 48 valence electrons. The van der Waals surface area contributed by atoms with Crippen molar-refractivity contribution in [2.45, 2.75) is 0 Å². The third-order valence-corrected chi connectivity index (χ3v) is 0.941. The van der Waals surface area contributed by atoms with Gasteiger partial charge in [0.15, 0.2) is 0 Å². The number of aromatic carboxylic acids is 1. The summed E-state index contributed by atoms with van der Waals surface area (Å²) in [4.78, 5) is 10.0. The Bertz CT molecular complexity index is 233. The predicted octanol–water partition coefficient (Wildman–Crippen LogP) is -4.21. The van der Waals surface area contributed by atoms with Crippen LogP contribution in [0.4, 0.5) is 0 Å². The van der Waals surface area contributed by atoms with Gasteiger partial charge in [0.05, 0.1) is 12.2 Å². The Kier molecular flexibility index (Phi) is 3.63. The van der Waals surface area contributed by atoms with Gasteiger partial charge in [-0.25, -0.2) is 0 Å². The summed E-state index contributed by atoms with van der Waals surface area (Å²) in [5.74, 6) is -1.19. The first-order valence-corrected chi connectivity index (χ1v) is 2.40. The molecule has 0 saturated heterocycles. The van der Waals surface area contributed by atoms with Crippen molar-refractivity contribution >= 4 is 5.97 Å². The Morgan fingerprint density at radius 3 is 2.60 bits per heavy atom. The molecule has 0 radical (unpaired) electrons. The van der Waals surface area contributed by atoms with E-state index in [2.05, 4.69) is 5.10 Å². The molecule has 0 aliphatic heterocycles. The topological polar surface area (TPSA) is 58.0 Å². The molecule has 0 bridgehead atoms. The fourth-order valence-electron chi connectivity index (χ4n) is 0.527. The Hall–Kier alpha value is -0.320. The van der Waals surface area contributed by atoms with E-state index in [0.717, 1.165) is 0 Å². The van der Waals surface area contributed by atoms with Crippen LogP contribution in [0.1, 0.15) is 10.4 Å². The van der Waals surface area contributed by atoms with Crippen molar-refractivity contribution in [1.82, 2.24) is 9.78 Å². The molecule has 0 amide bonds. The molecular weight excluding hydrogens is 143 g/mol. The largest absolute Gasteiger partial charge is 1.00 e. The van der Waals surface area contributed by atoms with Crippen LogP contribution >= 0.6 is 0 Å². The number of rotatable bonds is 1. The first-order chi connectivity index (χ1) is 4.20. The third kappa shape index (κ3) is 2.13. The van der Waals surface area contributed by atoms with Crippen molar-refractivity contribution < 1.29 is 39.5 Å². The van der Waals surface area contributed by atoms with Gasteiger partial charge in [0.2, 0.25) is 0 Å². The molecule has 0 unspecified atom stereocenters. The van der Waals surface area contributed by atoms with Crippen molar-refractivity contribution in [3.8, 4) is 0 Å². The molecule has 0 aliphatic rings. The van der Waals surface area contributed by atoms with Gasteiger partial charge < -0.3 is 9.90 Å². The zero-order valence-corrected chi connectivity index (χ0v) is 7.87. The number of carbonyl (C=O) groups excluding carboxylic acids is 1. The average molecular weight is 148 g/mol. The van der Waals surface area contributed by atoms with E-state index in [0.29, 0.717) is 0 Å². The zero-order chi connectivity index (χ0) is 6.85. The fourth-order valence-corrected chi connectivity index (χ4v) is 0.527. The monoisotopic (exact) mass is 148 g/mol. The molecule has 0 aliphatic carbocycles. The van der Waals surface area contributed by atoms with Gasteiger partial charge in [-0.05, 0) is 0 Å². The van der Waals surface area contributed by atoms with E-state index in [9.17, 15) is 9.90 Å². The van der Waals surface area contributed by atoms with Crippen LogP contribution in [-0.4, -0.2) is 15.7 Å². The summed E-state index contributed by atoms with van der Waals surface area (Å²) in [5, 5.41) is 13.7. The Balaban J connectivity index is 0.000000810. The van der Waals surface area contributed by atoms with Gasteiger partial charge in [-0.3, -0.25) is 4.68 Å². The van der Waals surface area contributed by atoms with E-state index in [1.807, 2.05) is 0 Å². The van der Waals surface area contributed by atoms with Crippen LogP contribution in [0.15, 0.2) is 12.4 Å². The Morgan fingerprint density at radius 1 is 1.80 bits per heavy atom. The van der Waals surface area contributed by atoms with Crippen LogP contribution in [0.3, 0.4) is 0 Å². The van der Waals surface area contributed by atoms with Crippen molar-refractivity contribution in [1.29, 1.82) is 0 Å². The standard InChI is InChI=1S/C5H6N2O2.Na/c1-7-3-4(2-6-7)5(8)9;/h2-3H,1H3,(H,8,9);/q;+1/p-1. The Labute approximate surface area is 80.1 Å². The molecule has 0 fully saturated rings. The summed E-state index contributed by atoms with van der Waals surface area (Å²) in [6, 6.07) is 0. The van der Waals surface area contributed by atoms with Crippen molar-refractivity contribution in [3.05, 3.63) is 18.0 Å².